The van der Waals surface area contributed by atoms with Crippen molar-refractivity contribution in [1.82, 2.24) is 0 Å². The summed E-state index contributed by atoms with van der Waals surface area (Å²) in [6.45, 7) is 2.74. The quantitative estimate of drug-likeness (QED) is 0.638. The molecule has 0 heterocycles. The Balaban J connectivity index is 1.93. The molecular formula is C11H18O. The van der Waals surface area contributed by atoms with E-state index in [-0.39, 0.29) is 0 Å². The van der Waals surface area contributed by atoms with E-state index in [2.05, 4.69) is 19.1 Å². The Morgan fingerprint density at radius 3 is 3.00 bits per heavy atom. The molecule has 0 aromatic heterocycles. The number of hydrogen-bond acceptors (Lipinski definition) is 1. The molecule has 0 radical (unpaired) electrons. The molecule has 12 heavy (non-hydrogen) atoms. The van der Waals surface area contributed by atoms with Gasteiger partial charge in [-0.25, -0.2) is 0 Å². The Hall–Kier alpha value is -0.300. The van der Waals surface area contributed by atoms with E-state index in [1.807, 2.05) is 0 Å². The number of aliphatic hydroxyl groups excluding tert-OH is 1. The van der Waals surface area contributed by atoms with E-state index in [0.29, 0.717) is 12.0 Å². The van der Waals surface area contributed by atoms with Crippen LogP contribution in [0.2, 0.25) is 0 Å². The smallest absolute Gasteiger partial charge is 0.0431 e. The molecule has 0 aromatic rings. The Bertz CT molecular complexity index is 197. The van der Waals surface area contributed by atoms with Gasteiger partial charge in [-0.2, -0.15) is 0 Å². The van der Waals surface area contributed by atoms with Gasteiger partial charge in [0.2, 0.25) is 0 Å². The Morgan fingerprint density at radius 2 is 2.42 bits per heavy atom. The molecule has 0 amide bonds. The van der Waals surface area contributed by atoms with Crippen LogP contribution < -0.4 is 0 Å². The van der Waals surface area contributed by atoms with Crippen molar-refractivity contribution in [1.29, 1.82) is 0 Å². The summed E-state index contributed by atoms with van der Waals surface area (Å²) < 4.78 is 0. The number of allylic oxidation sites excluding steroid dienone is 2. The van der Waals surface area contributed by atoms with Crippen LogP contribution in [-0.2, 0) is 0 Å². The van der Waals surface area contributed by atoms with Crippen LogP contribution in [0.5, 0.6) is 0 Å². The van der Waals surface area contributed by atoms with Crippen molar-refractivity contribution < 1.29 is 5.11 Å². The number of aliphatic hydroxyl groups is 1. The monoisotopic (exact) mass is 166 g/mol. The molecule has 1 nitrogen and oxygen atoms in total. The number of fused-ring (bicyclic) bond motifs is 1. The lowest BCUT2D eigenvalue weighted by Gasteiger charge is -2.08. The first kappa shape index (κ1) is 8.31. The highest BCUT2D eigenvalue weighted by atomic mass is 16.2. The van der Waals surface area contributed by atoms with Gasteiger partial charge in [-0.3, -0.25) is 0 Å². The molecule has 1 unspecified atom stereocenters. The van der Waals surface area contributed by atoms with Crippen molar-refractivity contribution >= 4 is 0 Å². The molecule has 2 aliphatic rings. The van der Waals surface area contributed by atoms with Gasteiger partial charge in [-0.15, -0.1) is 0 Å². The Kier molecular flexibility index (Phi) is 1.99. The average molecular weight is 166 g/mol. The maximum atomic E-state index is 8.77. The van der Waals surface area contributed by atoms with Gasteiger partial charge < -0.3 is 5.11 Å². The van der Waals surface area contributed by atoms with Crippen molar-refractivity contribution in [3.8, 4) is 0 Å². The van der Waals surface area contributed by atoms with E-state index in [1.165, 1.54) is 19.3 Å². The summed E-state index contributed by atoms with van der Waals surface area (Å²) in [7, 11) is 0. The molecule has 1 heteroatoms. The number of hydrogen-bond donors (Lipinski definition) is 1. The average Bonchev–Trinajstić information content (AvgIpc) is 2.71. The molecule has 2 rings (SSSR count). The molecule has 1 saturated carbocycles. The minimum Gasteiger partial charge on any atom is -0.396 e. The summed E-state index contributed by atoms with van der Waals surface area (Å²) >= 11 is 0. The van der Waals surface area contributed by atoms with Gasteiger partial charge in [0, 0.05) is 6.61 Å². The second kappa shape index (κ2) is 2.88. The van der Waals surface area contributed by atoms with Gasteiger partial charge in [0.25, 0.3) is 0 Å². The van der Waals surface area contributed by atoms with Gasteiger partial charge in [0.1, 0.15) is 0 Å². The molecule has 68 valence electrons. The largest absolute Gasteiger partial charge is 0.396 e. The van der Waals surface area contributed by atoms with E-state index in [9.17, 15) is 0 Å². The van der Waals surface area contributed by atoms with Gasteiger partial charge in [0.15, 0.2) is 0 Å². The molecule has 0 bridgehead atoms. The minimum absolute atomic E-state index is 0.360. The van der Waals surface area contributed by atoms with Crippen LogP contribution in [0, 0.1) is 17.3 Å². The normalized spacial score (nSPS) is 44.2. The fourth-order valence-electron chi connectivity index (χ4n) is 2.89. The number of rotatable bonds is 3. The lowest BCUT2D eigenvalue weighted by molar-refractivity contribution is 0.264. The van der Waals surface area contributed by atoms with Gasteiger partial charge in [-0.05, 0) is 42.9 Å². The summed E-state index contributed by atoms with van der Waals surface area (Å²) in [4.78, 5) is 0. The second-order valence-electron chi connectivity index (χ2n) is 4.47. The standard InChI is InChI=1S/C11H18O/c1-11(7-4-8-12)9-5-2-3-6-10(9)11/h2,5,9-10,12H,3-4,6-8H2,1H3/t9-,10+,11?/m0/s1. The molecule has 0 aliphatic heterocycles. The first-order valence-electron chi connectivity index (χ1n) is 5.06. The summed E-state index contributed by atoms with van der Waals surface area (Å²) in [5.41, 5.74) is 0.551. The molecule has 1 N–H and O–H groups in total. The topological polar surface area (TPSA) is 20.2 Å². The van der Waals surface area contributed by atoms with Gasteiger partial charge in [0.05, 0.1) is 0 Å². The predicted octanol–water partition coefficient (Wildman–Crippen LogP) is 2.36. The van der Waals surface area contributed by atoms with Crippen molar-refractivity contribution in [3.05, 3.63) is 12.2 Å². The fourth-order valence-corrected chi connectivity index (χ4v) is 2.89. The lowest BCUT2D eigenvalue weighted by Crippen LogP contribution is -2.00. The molecule has 0 saturated heterocycles. The maximum absolute atomic E-state index is 8.77. The third kappa shape index (κ3) is 1.11. The molecule has 1 fully saturated rings. The minimum atomic E-state index is 0.360. The van der Waals surface area contributed by atoms with Crippen molar-refractivity contribution in [2.45, 2.75) is 32.6 Å². The Morgan fingerprint density at radius 1 is 1.58 bits per heavy atom. The summed E-state index contributed by atoms with van der Waals surface area (Å²) in [5, 5.41) is 8.77. The molecular weight excluding hydrogens is 148 g/mol. The highest BCUT2D eigenvalue weighted by molar-refractivity contribution is 5.19. The SMILES string of the molecule is CC1(CCCO)[C@@H]2CCC=C[C@@H]21. The fraction of sp³-hybridized carbons (Fsp3) is 0.818. The van der Waals surface area contributed by atoms with E-state index in [1.54, 1.807) is 0 Å². The van der Waals surface area contributed by atoms with E-state index in [4.69, 9.17) is 5.11 Å². The lowest BCUT2D eigenvalue weighted by atomic mass is 9.98. The van der Waals surface area contributed by atoms with Crippen molar-refractivity contribution in [3.63, 3.8) is 0 Å². The summed E-state index contributed by atoms with van der Waals surface area (Å²) in [5.74, 6) is 1.78. The van der Waals surface area contributed by atoms with Crippen LogP contribution in [0.3, 0.4) is 0 Å². The van der Waals surface area contributed by atoms with Gasteiger partial charge >= 0.3 is 0 Å². The van der Waals surface area contributed by atoms with E-state index >= 15 is 0 Å². The first-order chi connectivity index (χ1) is 5.79. The zero-order chi connectivity index (χ0) is 8.60. The van der Waals surface area contributed by atoms with E-state index in [0.717, 1.165) is 18.3 Å². The zero-order valence-corrected chi connectivity index (χ0v) is 7.79. The molecule has 3 atom stereocenters. The summed E-state index contributed by atoms with van der Waals surface area (Å²) in [6, 6.07) is 0. The highest BCUT2D eigenvalue weighted by Crippen LogP contribution is 2.65. The molecule has 2 aliphatic carbocycles. The van der Waals surface area contributed by atoms with Crippen LogP contribution in [0.4, 0.5) is 0 Å². The van der Waals surface area contributed by atoms with Crippen LogP contribution in [0.15, 0.2) is 12.2 Å². The third-order valence-electron chi connectivity index (χ3n) is 3.79. The third-order valence-corrected chi connectivity index (χ3v) is 3.79. The Labute approximate surface area is 74.5 Å². The maximum Gasteiger partial charge on any atom is 0.0431 e. The second-order valence-corrected chi connectivity index (χ2v) is 4.47. The summed E-state index contributed by atoms with van der Waals surface area (Å²) in [6.07, 6.45) is 9.57. The van der Waals surface area contributed by atoms with Crippen molar-refractivity contribution in [2.24, 2.45) is 17.3 Å². The first-order valence-corrected chi connectivity index (χ1v) is 5.06. The highest BCUT2D eigenvalue weighted by Gasteiger charge is 2.58. The zero-order valence-electron chi connectivity index (χ0n) is 7.79. The molecule has 0 spiro atoms. The van der Waals surface area contributed by atoms with E-state index < -0.39 is 0 Å². The van der Waals surface area contributed by atoms with Gasteiger partial charge in [-0.1, -0.05) is 19.1 Å². The predicted molar refractivity (Wildman–Crippen MR) is 49.8 cm³/mol. The van der Waals surface area contributed by atoms with Crippen LogP contribution >= 0.6 is 0 Å². The van der Waals surface area contributed by atoms with Crippen LogP contribution in [-0.4, -0.2) is 11.7 Å². The van der Waals surface area contributed by atoms with Crippen LogP contribution in [0.25, 0.3) is 0 Å². The molecule has 0 aromatic carbocycles. The van der Waals surface area contributed by atoms with Crippen LogP contribution in [0.1, 0.15) is 32.6 Å². The van der Waals surface area contributed by atoms with Crippen molar-refractivity contribution in [2.75, 3.05) is 6.61 Å².